The summed E-state index contributed by atoms with van der Waals surface area (Å²) in [4.78, 5) is 21.2. The number of para-hydroxylation sites is 1. The minimum atomic E-state index is -0.621. The second kappa shape index (κ2) is 7.73. The third kappa shape index (κ3) is 3.85. The average molecular weight is 354 g/mol. The van der Waals surface area contributed by atoms with Crippen LogP contribution in [-0.4, -0.2) is 15.6 Å². The number of nitro benzene ring substituents is 2. The smallest absolute Gasteiger partial charge is 0.279 e. The van der Waals surface area contributed by atoms with Gasteiger partial charge < -0.3 is 0 Å². The quantitative estimate of drug-likeness (QED) is 0.621. The summed E-state index contributed by atoms with van der Waals surface area (Å²) in [5.41, 5.74) is 4.65. The molecule has 0 aliphatic heterocycles. The van der Waals surface area contributed by atoms with Crippen LogP contribution in [0.5, 0.6) is 0 Å². The van der Waals surface area contributed by atoms with Crippen LogP contribution >= 0.6 is 0 Å². The van der Waals surface area contributed by atoms with Gasteiger partial charge in [0.15, 0.2) is 0 Å². The van der Waals surface area contributed by atoms with Crippen LogP contribution in [0.4, 0.5) is 17.1 Å². The highest BCUT2D eigenvalue weighted by atomic mass is 16.6. The predicted molar refractivity (Wildman–Crippen MR) is 98.5 cm³/mol. The van der Waals surface area contributed by atoms with Gasteiger partial charge in [-0.25, -0.2) is 0 Å². The van der Waals surface area contributed by atoms with E-state index in [1.807, 2.05) is 30.3 Å². The van der Waals surface area contributed by atoms with Gasteiger partial charge in [0.1, 0.15) is 0 Å². The number of anilines is 1. The summed E-state index contributed by atoms with van der Waals surface area (Å²) >= 11 is 0. The standard InChI is InChI=1S/C18H18N4O4/c23-21(24)14-10-11-16(18(12-14)22(25)26)15-8-4-5-9-17(15)20-19-13-6-2-1-3-7-13/h1-3,6-7,10-12,15,19H,4-5,8-9H2/b20-17-. The number of non-ortho nitro benzene ring substituents is 1. The zero-order valence-electron chi connectivity index (χ0n) is 14.0. The van der Waals surface area contributed by atoms with E-state index in [0.29, 0.717) is 5.56 Å². The molecule has 3 rings (SSSR count). The summed E-state index contributed by atoms with van der Waals surface area (Å²) in [5, 5.41) is 26.9. The molecule has 26 heavy (non-hydrogen) atoms. The van der Waals surface area contributed by atoms with Crippen LogP contribution in [0.3, 0.4) is 0 Å². The number of benzene rings is 2. The highest BCUT2D eigenvalue weighted by Crippen LogP contribution is 2.37. The Kier molecular flexibility index (Phi) is 5.21. The van der Waals surface area contributed by atoms with E-state index in [1.54, 1.807) is 0 Å². The number of hydrogen-bond acceptors (Lipinski definition) is 6. The molecule has 0 amide bonds. The fourth-order valence-corrected chi connectivity index (χ4v) is 3.21. The van der Waals surface area contributed by atoms with E-state index in [4.69, 9.17) is 0 Å². The lowest BCUT2D eigenvalue weighted by molar-refractivity contribution is -0.394. The van der Waals surface area contributed by atoms with Crippen LogP contribution < -0.4 is 5.43 Å². The molecule has 1 N–H and O–H groups in total. The predicted octanol–water partition coefficient (Wildman–Crippen LogP) is 4.63. The lowest BCUT2D eigenvalue weighted by Crippen LogP contribution is -2.20. The van der Waals surface area contributed by atoms with Crippen LogP contribution in [0.1, 0.15) is 37.2 Å². The molecular formula is C18H18N4O4. The topological polar surface area (TPSA) is 111 Å². The van der Waals surface area contributed by atoms with Gasteiger partial charge in [0, 0.05) is 23.3 Å². The molecule has 134 valence electrons. The molecule has 1 unspecified atom stereocenters. The van der Waals surface area contributed by atoms with Crippen LogP contribution in [0.25, 0.3) is 0 Å². The molecule has 0 radical (unpaired) electrons. The van der Waals surface area contributed by atoms with Gasteiger partial charge in [-0.15, -0.1) is 0 Å². The second-order valence-electron chi connectivity index (χ2n) is 6.14. The van der Waals surface area contributed by atoms with Gasteiger partial charge in [-0.05, 0) is 37.5 Å². The van der Waals surface area contributed by atoms with Crippen LogP contribution in [0.2, 0.25) is 0 Å². The van der Waals surface area contributed by atoms with Gasteiger partial charge in [-0.3, -0.25) is 25.7 Å². The minimum absolute atomic E-state index is 0.221. The van der Waals surface area contributed by atoms with Crippen LogP contribution in [0, 0.1) is 20.2 Å². The maximum absolute atomic E-state index is 11.5. The first-order valence-corrected chi connectivity index (χ1v) is 8.36. The Morgan fingerprint density at radius 1 is 1.00 bits per heavy atom. The highest BCUT2D eigenvalue weighted by molar-refractivity contribution is 5.93. The molecule has 1 aliphatic carbocycles. The Bertz CT molecular complexity index is 852. The zero-order chi connectivity index (χ0) is 18.5. The fourth-order valence-electron chi connectivity index (χ4n) is 3.21. The first-order chi connectivity index (χ1) is 12.6. The third-order valence-corrected chi connectivity index (χ3v) is 4.48. The molecule has 0 bridgehead atoms. The molecule has 1 atom stereocenters. The molecular weight excluding hydrogens is 336 g/mol. The molecule has 0 heterocycles. The molecule has 8 nitrogen and oxygen atoms in total. The Hall–Kier alpha value is -3.29. The van der Waals surface area contributed by atoms with E-state index in [9.17, 15) is 20.2 Å². The minimum Gasteiger partial charge on any atom is -0.279 e. The van der Waals surface area contributed by atoms with Crippen molar-refractivity contribution in [3.8, 4) is 0 Å². The van der Waals surface area contributed by atoms with Gasteiger partial charge in [-0.2, -0.15) is 5.10 Å². The van der Waals surface area contributed by atoms with Crippen LogP contribution in [0.15, 0.2) is 53.6 Å². The van der Waals surface area contributed by atoms with E-state index in [-0.39, 0.29) is 17.3 Å². The SMILES string of the molecule is O=[N+]([O-])c1ccc(C2CCCC/C2=N/Nc2ccccc2)c([N+](=O)[O-])c1. The molecule has 2 aromatic carbocycles. The summed E-state index contributed by atoms with van der Waals surface area (Å²) in [5.74, 6) is -0.221. The van der Waals surface area contributed by atoms with Crippen molar-refractivity contribution >= 4 is 22.8 Å². The molecule has 0 aromatic heterocycles. The van der Waals surface area contributed by atoms with Gasteiger partial charge in [0.05, 0.1) is 21.6 Å². The molecule has 8 heteroatoms. The van der Waals surface area contributed by atoms with E-state index in [0.717, 1.165) is 43.1 Å². The van der Waals surface area contributed by atoms with Gasteiger partial charge in [-0.1, -0.05) is 24.6 Å². The average Bonchev–Trinajstić information content (AvgIpc) is 2.67. The lowest BCUT2D eigenvalue weighted by atomic mass is 9.81. The van der Waals surface area contributed by atoms with Crippen molar-refractivity contribution in [3.05, 3.63) is 74.3 Å². The van der Waals surface area contributed by atoms with Crippen molar-refractivity contribution in [2.75, 3.05) is 5.43 Å². The Morgan fingerprint density at radius 3 is 2.46 bits per heavy atom. The molecule has 1 saturated carbocycles. The molecule has 2 aromatic rings. The first kappa shape index (κ1) is 17.5. The molecule has 0 saturated heterocycles. The van der Waals surface area contributed by atoms with Crippen molar-refractivity contribution in [3.63, 3.8) is 0 Å². The summed E-state index contributed by atoms with van der Waals surface area (Å²) in [6, 6.07) is 13.3. The van der Waals surface area contributed by atoms with E-state index >= 15 is 0 Å². The van der Waals surface area contributed by atoms with Gasteiger partial charge in [0.25, 0.3) is 11.4 Å². The normalized spacial score (nSPS) is 18.5. The third-order valence-electron chi connectivity index (χ3n) is 4.48. The second-order valence-corrected chi connectivity index (χ2v) is 6.14. The van der Waals surface area contributed by atoms with Crippen molar-refractivity contribution in [1.29, 1.82) is 0 Å². The molecule has 0 spiro atoms. The fraction of sp³-hybridized carbons (Fsp3) is 0.278. The number of hydrazone groups is 1. The lowest BCUT2D eigenvalue weighted by Gasteiger charge is -2.24. The van der Waals surface area contributed by atoms with Crippen LogP contribution in [-0.2, 0) is 0 Å². The summed E-state index contributed by atoms with van der Waals surface area (Å²) in [6.45, 7) is 0. The summed E-state index contributed by atoms with van der Waals surface area (Å²) in [6.07, 6.45) is 3.36. The molecule has 1 fully saturated rings. The number of nitrogens with zero attached hydrogens (tertiary/aromatic N) is 3. The number of nitro groups is 2. The Labute approximate surface area is 149 Å². The summed E-state index contributed by atoms with van der Waals surface area (Å²) in [7, 11) is 0. The van der Waals surface area contributed by atoms with E-state index < -0.39 is 9.85 Å². The van der Waals surface area contributed by atoms with E-state index in [2.05, 4.69) is 10.5 Å². The number of hydrogen-bond donors (Lipinski definition) is 1. The monoisotopic (exact) mass is 354 g/mol. The van der Waals surface area contributed by atoms with Crippen molar-refractivity contribution in [1.82, 2.24) is 0 Å². The first-order valence-electron chi connectivity index (χ1n) is 8.36. The van der Waals surface area contributed by atoms with E-state index in [1.165, 1.54) is 12.1 Å². The Balaban J connectivity index is 1.94. The van der Waals surface area contributed by atoms with Crippen molar-refractivity contribution in [2.24, 2.45) is 5.10 Å². The van der Waals surface area contributed by atoms with Crippen molar-refractivity contribution in [2.45, 2.75) is 31.6 Å². The Morgan fingerprint density at radius 2 is 1.77 bits per heavy atom. The largest absolute Gasteiger partial charge is 0.280 e. The van der Waals surface area contributed by atoms with Crippen molar-refractivity contribution < 1.29 is 9.85 Å². The number of rotatable bonds is 5. The van der Waals surface area contributed by atoms with Gasteiger partial charge >= 0.3 is 0 Å². The maximum atomic E-state index is 11.5. The zero-order valence-corrected chi connectivity index (χ0v) is 14.0. The molecule has 1 aliphatic rings. The maximum Gasteiger partial charge on any atom is 0.280 e. The highest BCUT2D eigenvalue weighted by Gasteiger charge is 2.30. The van der Waals surface area contributed by atoms with Gasteiger partial charge in [0.2, 0.25) is 0 Å². The summed E-state index contributed by atoms with van der Waals surface area (Å²) < 4.78 is 0. The number of nitrogens with one attached hydrogen (secondary N) is 1.